The first-order chi connectivity index (χ1) is 9.83. The molecule has 0 radical (unpaired) electrons. The first-order valence-electron chi connectivity index (χ1n) is 6.77. The first kappa shape index (κ1) is 14.6. The molecule has 0 amide bonds. The van der Waals surface area contributed by atoms with Gasteiger partial charge in [-0.3, -0.25) is 0 Å². The van der Waals surface area contributed by atoms with Crippen molar-refractivity contribution < 1.29 is 4.79 Å². The van der Waals surface area contributed by atoms with Crippen molar-refractivity contribution in [2.45, 2.75) is 36.0 Å². The molecule has 0 saturated heterocycles. The number of rotatable bonds is 6. The van der Waals surface area contributed by atoms with Crippen LogP contribution in [0.2, 0.25) is 0 Å². The van der Waals surface area contributed by atoms with E-state index in [-0.39, 0.29) is 0 Å². The molecular weight excluding hydrogens is 266 g/mol. The number of benzene rings is 2. The number of unbranched alkanes of at least 4 members (excludes halogenated alkanes) is 1. The second-order valence-corrected chi connectivity index (χ2v) is 5.64. The maximum atomic E-state index is 10.5. The molecule has 0 aliphatic rings. The normalized spacial score (nSPS) is 10.1. The highest BCUT2D eigenvalue weighted by atomic mass is 32.2. The van der Waals surface area contributed by atoms with E-state index in [9.17, 15) is 4.79 Å². The van der Waals surface area contributed by atoms with Crippen molar-refractivity contribution in [2.75, 3.05) is 0 Å². The second-order valence-electron chi connectivity index (χ2n) is 4.52. The highest BCUT2D eigenvalue weighted by Crippen LogP contribution is 2.35. The van der Waals surface area contributed by atoms with Gasteiger partial charge in [0, 0.05) is 9.79 Å². The minimum absolute atomic E-state index is 0.689. The van der Waals surface area contributed by atoms with Crippen LogP contribution in [0.1, 0.15) is 25.3 Å². The van der Waals surface area contributed by atoms with Gasteiger partial charge in [-0.25, -0.2) is 4.79 Å². The molecule has 0 aromatic heterocycles. The van der Waals surface area contributed by atoms with Gasteiger partial charge < -0.3 is 0 Å². The summed E-state index contributed by atoms with van der Waals surface area (Å²) in [6.07, 6.45) is 5.04. The number of hydrogen-bond donors (Lipinski definition) is 0. The Morgan fingerprint density at radius 1 is 1.15 bits per heavy atom. The van der Waals surface area contributed by atoms with E-state index in [1.165, 1.54) is 18.4 Å². The Morgan fingerprint density at radius 3 is 2.65 bits per heavy atom. The summed E-state index contributed by atoms with van der Waals surface area (Å²) in [5.41, 5.74) is 1.98. The fourth-order valence-corrected chi connectivity index (χ4v) is 2.91. The van der Waals surface area contributed by atoms with Crippen molar-refractivity contribution in [3.8, 4) is 0 Å². The maximum absolute atomic E-state index is 10.5. The molecule has 0 bridgehead atoms. The smallest absolute Gasteiger partial charge is 0.211 e. The number of hydrogen-bond acceptors (Lipinski definition) is 3. The van der Waals surface area contributed by atoms with Crippen LogP contribution in [0.15, 0.2) is 63.3 Å². The van der Waals surface area contributed by atoms with Gasteiger partial charge in [0.25, 0.3) is 0 Å². The van der Waals surface area contributed by atoms with Crippen molar-refractivity contribution >= 4 is 23.5 Å². The van der Waals surface area contributed by atoms with Gasteiger partial charge in [0.1, 0.15) is 0 Å². The van der Waals surface area contributed by atoms with E-state index < -0.39 is 0 Å². The number of nitrogens with zero attached hydrogens (tertiary/aromatic N) is 1. The van der Waals surface area contributed by atoms with Crippen LogP contribution < -0.4 is 0 Å². The molecule has 0 N–H and O–H groups in total. The highest BCUT2D eigenvalue weighted by Gasteiger charge is 2.06. The molecule has 0 fully saturated rings. The molecular formula is C17H17NOS. The number of aryl methyl sites for hydroxylation is 1. The molecule has 3 heteroatoms. The number of carbonyl (C=O) groups excluding carboxylic acids is 1. The van der Waals surface area contributed by atoms with Crippen LogP contribution in [0.5, 0.6) is 0 Å². The fourth-order valence-electron chi connectivity index (χ4n) is 1.93. The number of isocyanates is 1. The molecule has 0 aliphatic carbocycles. The van der Waals surface area contributed by atoms with Crippen molar-refractivity contribution in [1.82, 2.24) is 0 Å². The minimum Gasteiger partial charge on any atom is -0.211 e. The van der Waals surface area contributed by atoms with Crippen molar-refractivity contribution in [3.05, 3.63) is 54.1 Å². The molecule has 0 heterocycles. The van der Waals surface area contributed by atoms with Gasteiger partial charge in [-0.15, -0.1) is 0 Å². The lowest BCUT2D eigenvalue weighted by atomic mass is 10.1. The molecule has 0 unspecified atom stereocenters. The third kappa shape index (κ3) is 4.09. The van der Waals surface area contributed by atoms with E-state index in [2.05, 4.69) is 30.1 Å². The molecule has 0 saturated carbocycles. The topological polar surface area (TPSA) is 29.4 Å². The summed E-state index contributed by atoms with van der Waals surface area (Å²) in [4.78, 5) is 16.5. The van der Waals surface area contributed by atoms with Crippen LogP contribution in [0.4, 0.5) is 5.69 Å². The van der Waals surface area contributed by atoms with Crippen molar-refractivity contribution in [1.29, 1.82) is 0 Å². The van der Waals surface area contributed by atoms with Crippen LogP contribution >= 0.6 is 11.8 Å². The summed E-state index contributed by atoms with van der Waals surface area (Å²) >= 11 is 1.63. The molecule has 20 heavy (non-hydrogen) atoms. The Bertz CT molecular complexity index is 604. The van der Waals surface area contributed by atoms with E-state index >= 15 is 0 Å². The van der Waals surface area contributed by atoms with Crippen LogP contribution in [-0.2, 0) is 11.2 Å². The van der Waals surface area contributed by atoms with E-state index in [0.717, 1.165) is 16.2 Å². The van der Waals surface area contributed by atoms with Gasteiger partial charge in [-0.05, 0) is 42.7 Å². The molecule has 0 atom stereocenters. The Hall–Kier alpha value is -1.83. The van der Waals surface area contributed by atoms with Crippen LogP contribution in [-0.4, -0.2) is 6.08 Å². The summed E-state index contributed by atoms with van der Waals surface area (Å²) in [5, 5.41) is 0. The zero-order chi connectivity index (χ0) is 14.2. The lowest BCUT2D eigenvalue weighted by Crippen LogP contribution is -1.86. The predicted octanol–water partition coefficient (Wildman–Crippen LogP) is 5.15. The average Bonchev–Trinajstić information content (AvgIpc) is 2.49. The van der Waals surface area contributed by atoms with Crippen molar-refractivity contribution in [3.63, 3.8) is 0 Å². The van der Waals surface area contributed by atoms with E-state index in [0.29, 0.717) is 5.69 Å². The maximum Gasteiger partial charge on any atom is 0.240 e. The molecule has 2 aromatic carbocycles. The summed E-state index contributed by atoms with van der Waals surface area (Å²) in [7, 11) is 0. The Kier molecular flexibility index (Phi) is 5.60. The second kappa shape index (κ2) is 7.68. The van der Waals surface area contributed by atoms with E-state index in [1.807, 2.05) is 30.3 Å². The standard InChI is InChI=1S/C17H17NOS/c1-2-3-7-14-10-11-16(18-13-19)17(12-14)20-15-8-5-4-6-9-15/h4-6,8-12H,2-3,7H2,1H3. The van der Waals surface area contributed by atoms with Crippen LogP contribution in [0.25, 0.3) is 0 Å². The minimum atomic E-state index is 0.689. The summed E-state index contributed by atoms with van der Waals surface area (Å²) in [6.45, 7) is 2.19. The Morgan fingerprint density at radius 2 is 1.95 bits per heavy atom. The molecule has 2 aromatic rings. The predicted molar refractivity (Wildman–Crippen MR) is 83.4 cm³/mol. The monoisotopic (exact) mass is 283 g/mol. The van der Waals surface area contributed by atoms with Gasteiger partial charge in [-0.2, -0.15) is 4.99 Å². The van der Waals surface area contributed by atoms with Gasteiger partial charge >= 0.3 is 0 Å². The van der Waals surface area contributed by atoms with Crippen LogP contribution in [0, 0.1) is 0 Å². The Balaban J connectivity index is 2.29. The van der Waals surface area contributed by atoms with Crippen molar-refractivity contribution in [2.24, 2.45) is 4.99 Å². The van der Waals surface area contributed by atoms with E-state index in [1.54, 1.807) is 17.8 Å². The van der Waals surface area contributed by atoms with Gasteiger partial charge in [0.2, 0.25) is 6.08 Å². The van der Waals surface area contributed by atoms with Gasteiger partial charge in [0.05, 0.1) is 5.69 Å². The zero-order valence-corrected chi connectivity index (χ0v) is 12.3. The quantitative estimate of drug-likeness (QED) is 0.542. The summed E-state index contributed by atoms with van der Waals surface area (Å²) in [5.74, 6) is 0. The third-order valence-corrected chi connectivity index (χ3v) is 4.04. The Labute approximate surface area is 123 Å². The molecule has 2 nitrogen and oxygen atoms in total. The zero-order valence-electron chi connectivity index (χ0n) is 11.5. The van der Waals surface area contributed by atoms with Crippen LogP contribution in [0.3, 0.4) is 0 Å². The van der Waals surface area contributed by atoms with E-state index in [4.69, 9.17) is 0 Å². The third-order valence-electron chi connectivity index (χ3n) is 2.98. The van der Waals surface area contributed by atoms with Gasteiger partial charge in [-0.1, -0.05) is 49.4 Å². The molecule has 2 rings (SSSR count). The summed E-state index contributed by atoms with van der Waals surface area (Å²) < 4.78 is 0. The SMILES string of the molecule is CCCCc1ccc(N=C=O)c(Sc2ccccc2)c1. The lowest BCUT2D eigenvalue weighted by Gasteiger charge is -2.07. The average molecular weight is 283 g/mol. The highest BCUT2D eigenvalue weighted by molar-refractivity contribution is 7.99. The summed E-state index contributed by atoms with van der Waals surface area (Å²) in [6, 6.07) is 16.2. The first-order valence-corrected chi connectivity index (χ1v) is 7.59. The largest absolute Gasteiger partial charge is 0.240 e. The fraction of sp³-hybridized carbons (Fsp3) is 0.235. The molecule has 102 valence electrons. The van der Waals surface area contributed by atoms with Gasteiger partial charge in [0.15, 0.2) is 0 Å². The lowest BCUT2D eigenvalue weighted by molar-refractivity contribution is 0.565. The molecule has 0 aliphatic heterocycles. The molecule has 0 spiro atoms. The number of aliphatic imine (C=N–C) groups is 1.